The van der Waals surface area contributed by atoms with Gasteiger partial charge in [-0.2, -0.15) is 0 Å². The molecule has 0 N–H and O–H groups in total. The van der Waals surface area contributed by atoms with Gasteiger partial charge in [-0.15, -0.1) is 0 Å². The Kier molecular flexibility index (Phi) is 1.97. The Morgan fingerprint density at radius 1 is 1.45 bits per heavy atom. The monoisotopic (exact) mass is 150 g/mol. The second-order valence-electron chi connectivity index (χ2n) is 2.35. The van der Waals surface area contributed by atoms with Crippen molar-refractivity contribution >= 4 is 5.78 Å². The average Bonchev–Trinajstić information content (AvgIpc) is 2.17. The van der Waals surface area contributed by atoms with E-state index in [2.05, 4.69) is 0 Å². The van der Waals surface area contributed by atoms with Gasteiger partial charge in [0.25, 0.3) is 0 Å². The number of ketones is 1. The molecule has 1 rings (SSSR count). The maximum absolute atomic E-state index is 10.9. The molecule has 58 valence electrons. The van der Waals surface area contributed by atoms with Gasteiger partial charge in [0.05, 0.1) is 0 Å². The quantitative estimate of drug-likeness (QED) is 0.645. The molecule has 0 saturated carbocycles. The lowest BCUT2D eigenvalue weighted by Gasteiger charge is -1.96. The number of rotatable bonds is 3. The highest BCUT2D eigenvalue weighted by Gasteiger charge is 1.94. The maximum Gasteiger partial charge on any atom is 0.130 e. The zero-order valence-corrected chi connectivity index (χ0v) is 6.45. The molecule has 1 aromatic rings. The van der Waals surface area contributed by atoms with Crippen LogP contribution in [0.4, 0.5) is 0 Å². The summed E-state index contributed by atoms with van der Waals surface area (Å²) >= 11 is 0. The van der Waals surface area contributed by atoms with Crippen LogP contribution >= 0.6 is 0 Å². The summed E-state index contributed by atoms with van der Waals surface area (Å²) in [6.45, 7) is 1.35. The van der Waals surface area contributed by atoms with Crippen LogP contribution in [0.5, 0.6) is 0 Å². The molecule has 0 aromatic heterocycles. The Labute approximate surface area is 69.9 Å². The molecule has 0 heterocycles. The summed E-state index contributed by atoms with van der Waals surface area (Å²) in [7, 11) is 0. The molecule has 0 spiro atoms. The first-order valence-electron chi connectivity index (χ1n) is 4.68. The number of benzene rings is 1. The molecule has 1 heteroatoms. The molecule has 0 bridgehead atoms. The van der Waals surface area contributed by atoms with Gasteiger partial charge in [0.1, 0.15) is 5.78 Å². The number of hydrogen-bond donors (Lipinski definition) is 0. The average molecular weight is 150 g/mol. The predicted molar refractivity (Wildman–Crippen MR) is 45.4 cm³/mol. The third kappa shape index (κ3) is 2.99. The standard InChI is InChI=1S/C10H12O/c1-9(11)7-8-10-5-3-2-4-6-10/h2-6H,7-8H2,1H3/i7D,8D. The second-order valence-corrected chi connectivity index (χ2v) is 2.35. The van der Waals surface area contributed by atoms with Gasteiger partial charge >= 0.3 is 0 Å². The Balaban J connectivity index is 2.79. The van der Waals surface area contributed by atoms with E-state index in [0.29, 0.717) is 0 Å². The summed E-state index contributed by atoms with van der Waals surface area (Å²) in [6, 6.07) is 9.00. The van der Waals surface area contributed by atoms with E-state index in [1.54, 1.807) is 12.1 Å². The van der Waals surface area contributed by atoms with Crippen LogP contribution in [-0.2, 0) is 11.2 Å². The molecule has 0 aliphatic carbocycles. The summed E-state index contributed by atoms with van der Waals surface area (Å²) in [5.74, 6) is -0.260. The summed E-state index contributed by atoms with van der Waals surface area (Å²) in [5, 5.41) is 0. The van der Waals surface area contributed by atoms with Crippen molar-refractivity contribution in [2.24, 2.45) is 0 Å². The summed E-state index contributed by atoms with van der Waals surface area (Å²) in [5.41, 5.74) is 0.720. The summed E-state index contributed by atoms with van der Waals surface area (Å²) in [4.78, 5) is 10.9. The number of carbonyl (C=O) groups excluding carboxylic acids is 1. The third-order valence-corrected chi connectivity index (χ3v) is 1.31. The molecule has 0 aliphatic rings. The summed E-state index contributed by atoms with van der Waals surface area (Å²) in [6.07, 6.45) is -1.74. The number of aryl methyl sites for hydroxylation is 1. The van der Waals surface area contributed by atoms with Crippen LogP contribution < -0.4 is 0 Å². The molecular weight excluding hydrogens is 136 g/mol. The first-order valence-corrected chi connectivity index (χ1v) is 3.53. The predicted octanol–water partition coefficient (Wildman–Crippen LogP) is 2.21. The molecule has 2 atom stereocenters. The normalized spacial score (nSPS) is 17.9. The van der Waals surface area contributed by atoms with E-state index in [4.69, 9.17) is 2.74 Å². The fraction of sp³-hybridized carbons (Fsp3) is 0.300. The third-order valence-electron chi connectivity index (χ3n) is 1.31. The first-order chi connectivity index (χ1) is 6.13. The van der Waals surface area contributed by atoms with Gasteiger partial charge in [0.2, 0.25) is 0 Å². The van der Waals surface area contributed by atoms with E-state index in [1.165, 1.54) is 6.92 Å². The van der Waals surface area contributed by atoms with Gasteiger partial charge in [0, 0.05) is 9.14 Å². The highest BCUT2D eigenvalue weighted by molar-refractivity contribution is 5.75. The van der Waals surface area contributed by atoms with Crippen LogP contribution in [0.1, 0.15) is 21.6 Å². The zero-order valence-electron chi connectivity index (χ0n) is 8.45. The minimum absolute atomic E-state index is 0.260. The fourth-order valence-electron chi connectivity index (χ4n) is 0.778. The molecule has 0 aliphatic heterocycles. The molecule has 0 fully saturated rings. The highest BCUT2D eigenvalue weighted by atomic mass is 16.1. The van der Waals surface area contributed by atoms with Crippen molar-refractivity contribution in [1.29, 1.82) is 0 Å². The maximum atomic E-state index is 10.9. The van der Waals surface area contributed by atoms with Crippen molar-refractivity contribution in [1.82, 2.24) is 0 Å². The Morgan fingerprint density at radius 3 is 2.64 bits per heavy atom. The smallest absolute Gasteiger partial charge is 0.130 e. The highest BCUT2D eigenvalue weighted by Crippen LogP contribution is 2.01. The molecular formula is C10H12O. The molecule has 0 radical (unpaired) electrons. The lowest BCUT2D eigenvalue weighted by atomic mass is 10.1. The Hall–Kier alpha value is -1.11. The van der Waals surface area contributed by atoms with Gasteiger partial charge in [0.15, 0.2) is 0 Å². The molecule has 0 saturated heterocycles. The summed E-state index contributed by atoms with van der Waals surface area (Å²) < 4.78 is 15.1. The molecule has 1 aromatic carbocycles. The van der Waals surface area contributed by atoms with Crippen molar-refractivity contribution in [3.05, 3.63) is 35.9 Å². The Bertz CT molecular complexity index is 284. The lowest BCUT2D eigenvalue weighted by Crippen LogP contribution is -1.92. The van der Waals surface area contributed by atoms with Gasteiger partial charge in [-0.3, -0.25) is 0 Å². The van der Waals surface area contributed by atoms with Gasteiger partial charge in [-0.1, -0.05) is 30.3 Å². The van der Waals surface area contributed by atoms with E-state index in [0.717, 1.165) is 5.56 Å². The SMILES string of the molecule is [2H]C(C(C)=O)C([2H])c1ccccc1. The molecule has 1 nitrogen and oxygen atoms in total. The second kappa shape index (κ2) is 3.91. The van der Waals surface area contributed by atoms with Crippen molar-refractivity contribution in [3.63, 3.8) is 0 Å². The van der Waals surface area contributed by atoms with Gasteiger partial charge in [-0.25, -0.2) is 0 Å². The molecule has 0 amide bonds. The van der Waals surface area contributed by atoms with Crippen LogP contribution in [0.25, 0.3) is 0 Å². The number of Topliss-reactive ketones (excluding diaryl/α,β-unsaturated/α-hetero) is 1. The van der Waals surface area contributed by atoms with Gasteiger partial charge < -0.3 is 4.79 Å². The van der Waals surface area contributed by atoms with Crippen molar-refractivity contribution in [2.45, 2.75) is 19.7 Å². The van der Waals surface area contributed by atoms with Crippen LogP contribution in [0.3, 0.4) is 0 Å². The van der Waals surface area contributed by atoms with Crippen molar-refractivity contribution in [2.75, 3.05) is 0 Å². The van der Waals surface area contributed by atoms with Crippen LogP contribution in [0.2, 0.25) is 0 Å². The Morgan fingerprint density at radius 2 is 2.09 bits per heavy atom. The van der Waals surface area contributed by atoms with E-state index in [1.807, 2.05) is 18.2 Å². The van der Waals surface area contributed by atoms with E-state index < -0.39 is 12.8 Å². The number of carbonyl (C=O) groups is 1. The van der Waals surface area contributed by atoms with Crippen LogP contribution in [0, 0.1) is 0 Å². The topological polar surface area (TPSA) is 17.1 Å². The number of hydrogen-bond acceptors (Lipinski definition) is 1. The van der Waals surface area contributed by atoms with Crippen molar-refractivity contribution < 1.29 is 7.54 Å². The van der Waals surface area contributed by atoms with E-state index in [-0.39, 0.29) is 5.78 Å². The zero-order chi connectivity index (χ0) is 9.84. The van der Waals surface area contributed by atoms with E-state index in [9.17, 15) is 4.79 Å². The fourth-order valence-corrected chi connectivity index (χ4v) is 0.778. The minimum atomic E-state index is -0.970. The molecule has 11 heavy (non-hydrogen) atoms. The molecule has 2 unspecified atom stereocenters. The van der Waals surface area contributed by atoms with E-state index >= 15 is 0 Å². The first kappa shape index (κ1) is 5.53. The largest absolute Gasteiger partial charge is 0.300 e. The van der Waals surface area contributed by atoms with Crippen LogP contribution in [0.15, 0.2) is 30.3 Å². The van der Waals surface area contributed by atoms with Crippen molar-refractivity contribution in [3.8, 4) is 0 Å². The lowest BCUT2D eigenvalue weighted by molar-refractivity contribution is -0.116. The minimum Gasteiger partial charge on any atom is -0.300 e. The van der Waals surface area contributed by atoms with Crippen LogP contribution in [-0.4, -0.2) is 5.78 Å². The van der Waals surface area contributed by atoms with Gasteiger partial charge in [-0.05, 0) is 18.9 Å².